The van der Waals surface area contributed by atoms with Crippen LogP contribution in [0.1, 0.15) is 58.9 Å². The van der Waals surface area contributed by atoms with Crippen molar-refractivity contribution in [3.63, 3.8) is 0 Å². The number of carboxylic acids is 1. The summed E-state index contributed by atoms with van der Waals surface area (Å²) < 4.78 is 5.53. The van der Waals surface area contributed by atoms with Gasteiger partial charge in [0.05, 0.1) is 11.5 Å². The van der Waals surface area contributed by atoms with Gasteiger partial charge < -0.3 is 14.8 Å². The molecular formula is C15H19NO5. The number of furan rings is 1. The van der Waals surface area contributed by atoms with Gasteiger partial charge in [0.15, 0.2) is 11.5 Å². The largest absolute Gasteiger partial charge is 0.481 e. The lowest BCUT2D eigenvalue weighted by Gasteiger charge is -2.17. The zero-order valence-electron chi connectivity index (χ0n) is 12.4. The average Bonchev–Trinajstić information content (AvgIpc) is 2.76. The van der Waals surface area contributed by atoms with Crippen LogP contribution in [0, 0.1) is 12.8 Å². The van der Waals surface area contributed by atoms with E-state index in [-0.39, 0.29) is 11.5 Å². The average molecular weight is 293 g/mol. The molecule has 0 saturated carbocycles. The summed E-state index contributed by atoms with van der Waals surface area (Å²) >= 11 is 0. The summed E-state index contributed by atoms with van der Waals surface area (Å²) in [6, 6.07) is -0.535. The maximum Gasteiger partial charge on any atom is 0.308 e. The van der Waals surface area contributed by atoms with Gasteiger partial charge in [-0.05, 0) is 27.2 Å². The summed E-state index contributed by atoms with van der Waals surface area (Å²) in [6.45, 7) is 4.84. The van der Waals surface area contributed by atoms with Crippen LogP contribution in [0.4, 0.5) is 0 Å². The zero-order valence-corrected chi connectivity index (χ0v) is 12.4. The van der Waals surface area contributed by atoms with Crippen molar-refractivity contribution in [1.82, 2.24) is 5.32 Å². The molecule has 0 aliphatic heterocycles. The Hall–Kier alpha value is -2.11. The Morgan fingerprint density at radius 3 is 2.52 bits per heavy atom. The van der Waals surface area contributed by atoms with E-state index in [4.69, 9.17) is 9.52 Å². The van der Waals surface area contributed by atoms with Crippen LogP contribution in [0.5, 0.6) is 0 Å². The number of aryl methyl sites for hydroxylation is 1. The molecule has 6 nitrogen and oxygen atoms in total. The Morgan fingerprint density at radius 2 is 1.95 bits per heavy atom. The molecule has 6 heteroatoms. The lowest BCUT2D eigenvalue weighted by molar-refractivity contribution is -0.141. The van der Waals surface area contributed by atoms with Gasteiger partial charge in [0.1, 0.15) is 5.76 Å². The summed E-state index contributed by atoms with van der Waals surface area (Å²) in [5, 5.41) is 11.6. The number of fused-ring (bicyclic) bond motifs is 1. The van der Waals surface area contributed by atoms with E-state index in [2.05, 4.69) is 5.32 Å². The fourth-order valence-corrected chi connectivity index (χ4v) is 2.48. The molecule has 1 amide bonds. The van der Waals surface area contributed by atoms with Gasteiger partial charge in [-0.2, -0.15) is 0 Å². The first-order valence-electron chi connectivity index (χ1n) is 7.02. The zero-order chi connectivity index (χ0) is 15.7. The van der Waals surface area contributed by atoms with E-state index < -0.39 is 23.8 Å². The molecule has 2 rings (SSSR count). The first-order valence-corrected chi connectivity index (χ1v) is 7.02. The molecule has 2 atom stereocenters. The number of aliphatic carboxylic acids is 1. The van der Waals surface area contributed by atoms with Crippen LogP contribution in [0.15, 0.2) is 4.42 Å². The van der Waals surface area contributed by atoms with Crippen molar-refractivity contribution in [2.75, 3.05) is 0 Å². The third-order valence-corrected chi connectivity index (χ3v) is 4.01. The van der Waals surface area contributed by atoms with Crippen LogP contribution in [-0.2, 0) is 11.2 Å². The Bertz CT molecular complexity index is 601. The summed E-state index contributed by atoms with van der Waals surface area (Å²) in [7, 11) is 0. The number of rotatable bonds is 4. The van der Waals surface area contributed by atoms with Gasteiger partial charge in [-0.3, -0.25) is 14.4 Å². The van der Waals surface area contributed by atoms with Gasteiger partial charge in [0.25, 0.3) is 5.91 Å². The molecule has 1 aromatic rings. The topological polar surface area (TPSA) is 96.6 Å². The van der Waals surface area contributed by atoms with E-state index >= 15 is 0 Å². The normalized spacial score (nSPS) is 17.0. The number of amides is 1. The van der Waals surface area contributed by atoms with E-state index in [1.807, 2.05) is 0 Å². The minimum absolute atomic E-state index is 0.00324. The van der Waals surface area contributed by atoms with Crippen molar-refractivity contribution in [1.29, 1.82) is 0 Å². The molecule has 114 valence electrons. The lowest BCUT2D eigenvalue weighted by atomic mass is 9.94. The number of ketones is 1. The van der Waals surface area contributed by atoms with Gasteiger partial charge in [-0.1, -0.05) is 0 Å². The number of hydrogen-bond donors (Lipinski definition) is 2. The first kappa shape index (κ1) is 15.3. The molecule has 2 unspecified atom stereocenters. The molecular weight excluding hydrogens is 274 g/mol. The van der Waals surface area contributed by atoms with Crippen molar-refractivity contribution in [3.05, 3.63) is 22.6 Å². The lowest BCUT2D eigenvalue weighted by Crippen LogP contribution is -2.40. The third kappa shape index (κ3) is 2.84. The number of hydrogen-bond acceptors (Lipinski definition) is 4. The minimum Gasteiger partial charge on any atom is -0.481 e. The molecule has 2 N–H and O–H groups in total. The molecule has 0 aromatic carbocycles. The summed E-state index contributed by atoms with van der Waals surface area (Å²) in [6.07, 6.45) is 1.85. The SMILES string of the molecule is Cc1c(C(=O)NC(C)C(C)C(=O)O)oc2c1C(=O)CCC2. The molecule has 21 heavy (non-hydrogen) atoms. The number of carboxylic acid groups (broad SMARTS) is 1. The number of carbonyl (C=O) groups is 3. The van der Waals surface area contributed by atoms with Crippen molar-refractivity contribution in [3.8, 4) is 0 Å². The molecule has 0 fully saturated rings. The van der Waals surface area contributed by atoms with Crippen molar-refractivity contribution >= 4 is 17.7 Å². The van der Waals surface area contributed by atoms with Crippen molar-refractivity contribution in [2.45, 2.75) is 46.1 Å². The van der Waals surface area contributed by atoms with Crippen LogP contribution in [0.2, 0.25) is 0 Å². The summed E-state index contributed by atoms with van der Waals surface area (Å²) in [5.74, 6) is -1.49. The van der Waals surface area contributed by atoms with Crippen LogP contribution < -0.4 is 5.32 Å². The number of Topliss-reactive ketones (excluding diaryl/α,β-unsaturated/α-hetero) is 1. The second kappa shape index (κ2) is 5.71. The highest BCUT2D eigenvalue weighted by molar-refractivity contribution is 6.03. The molecule has 0 bridgehead atoms. The first-order chi connectivity index (χ1) is 9.82. The van der Waals surface area contributed by atoms with Crippen molar-refractivity contribution in [2.24, 2.45) is 5.92 Å². The number of carbonyl (C=O) groups excluding carboxylic acids is 2. The maximum atomic E-state index is 12.2. The molecule has 0 spiro atoms. The highest BCUT2D eigenvalue weighted by Gasteiger charge is 2.30. The van der Waals surface area contributed by atoms with Gasteiger partial charge >= 0.3 is 5.97 Å². The highest BCUT2D eigenvalue weighted by Crippen LogP contribution is 2.29. The Kier molecular flexibility index (Phi) is 4.16. The predicted molar refractivity (Wildman–Crippen MR) is 74.4 cm³/mol. The second-order valence-electron chi connectivity index (χ2n) is 5.52. The quantitative estimate of drug-likeness (QED) is 0.884. The van der Waals surface area contributed by atoms with Gasteiger partial charge in [0.2, 0.25) is 0 Å². The molecule has 1 aromatic heterocycles. The fraction of sp³-hybridized carbons (Fsp3) is 0.533. The van der Waals surface area contributed by atoms with E-state index in [0.717, 1.165) is 6.42 Å². The fourth-order valence-electron chi connectivity index (χ4n) is 2.48. The van der Waals surface area contributed by atoms with Crippen LogP contribution in [-0.4, -0.2) is 28.8 Å². The van der Waals surface area contributed by atoms with Gasteiger partial charge in [0, 0.05) is 24.4 Å². The molecule has 1 heterocycles. The standard InChI is InChI=1S/C15H19NO5/c1-7(15(19)20)9(3)16-14(18)13-8(2)12-10(17)5-4-6-11(12)21-13/h7,9H,4-6H2,1-3H3,(H,16,18)(H,19,20). The van der Waals surface area contributed by atoms with E-state index in [9.17, 15) is 14.4 Å². The Balaban J connectivity index is 2.21. The van der Waals surface area contributed by atoms with Gasteiger partial charge in [-0.15, -0.1) is 0 Å². The smallest absolute Gasteiger partial charge is 0.308 e. The number of nitrogens with one attached hydrogen (secondary N) is 1. The van der Waals surface area contributed by atoms with Gasteiger partial charge in [-0.25, -0.2) is 0 Å². The Morgan fingerprint density at radius 1 is 1.29 bits per heavy atom. The molecule has 1 aliphatic rings. The minimum atomic E-state index is -0.978. The van der Waals surface area contributed by atoms with Crippen LogP contribution in [0.3, 0.4) is 0 Å². The Labute approximate surface area is 122 Å². The molecule has 0 radical (unpaired) electrons. The van der Waals surface area contributed by atoms with Crippen LogP contribution in [0.25, 0.3) is 0 Å². The van der Waals surface area contributed by atoms with Crippen LogP contribution >= 0.6 is 0 Å². The van der Waals surface area contributed by atoms with E-state index in [0.29, 0.717) is 29.7 Å². The second-order valence-corrected chi connectivity index (χ2v) is 5.52. The monoisotopic (exact) mass is 293 g/mol. The molecule has 1 aliphatic carbocycles. The highest BCUT2D eigenvalue weighted by atomic mass is 16.4. The van der Waals surface area contributed by atoms with E-state index in [1.165, 1.54) is 6.92 Å². The predicted octanol–water partition coefficient (Wildman–Crippen LogP) is 1.95. The van der Waals surface area contributed by atoms with Crippen molar-refractivity contribution < 1.29 is 23.9 Å². The summed E-state index contributed by atoms with van der Waals surface area (Å²) in [4.78, 5) is 35.0. The molecule has 0 saturated heterocycles. The summed E-state index contributed by atoms with van der Waals surface area (Å²) in [5.41, 5.74) is 1.06. The maximum absolute atomic E-state index is 12.2. The third-order valence-electron chi connectivity index (χ3n) is 4.01. The van der Waals surface area contributed by atoms with E-state index in [1.54, 1.807) is 13.8 Å².